The second-order valence-corrected chi connectivity index (χ2v) is 6.94. The minimum atomic E-state index is -0.342. The van der Waals surface area contributed by atoms with Crippen LogP contribution < -0.4 is 5.32 Å². The lowest BCUT2D eigenvalue weighted by Crippen LogP contribution is -2.53. The number of nitrogens with zero attached hydrogens (tertiary/aromatic N) is 1. The first-order valence-electron chi connectivity index (χ1n) is 8.33. The number of aliphatic hydroxyl groups excluding tert-OH is 1. The molecule has 2 N–H and O–H groups in total. The maximum atomic E-state index is 10.1. The van der Waals surface area contributed by atoms with Gasteiger partial charge in [-0.15, -0.1) is 0 Å². The van der Waals surface area contributed by atoms with Crippen LogP contribution in [0.2, 0.25) is 0 Å². The maximum absolute atomic E-state index is 10.1. The van der Waals surface area contributed by atoms with E-state index in [4.69, 9.17) is 0 Å². The molecule has 0 aliphatic heterocycles. The van der Waals surface area contributed by atoms with Gasteiger partial charge in [0.25, 0.3) is 0 Å². The predicted octanol–water partition coefficient (Wildman–Crippen LogP) is 2.22. The summed E-state index contributed by atoms with van der Waals surface area (Å²) in [4.78, 5) is 2.59. The highest BCUT2D eigenvalue weighted by atomic mass is 16.3. The van der Waals surface area contributed by atoms with Crippen molar-refractivity contribution in [2.24, 2.45) is 11.8 Å². The van der Waals surface area contributed by atoms with E-state index in [0.29, 0.717) is 0 Å². The van der Waals surface area contributed by atoms with Crippen LogP contribution in [0.25, 0.3) is 0 Å². The Morgan fingerprint density at radius 1 is 1.10 bits per heavy atom. The van der Waals surface area contributed by atoms with Gasteiger partial charge in [-0.2, -0.15) is 0 Å². The summed E-state index contributed by atoms with van der Waals surface area (Å²) in [5.41, 5.74) is 0.844. The van der Waals surface area contributed by atoms with Gasteiger partial charge in [0, 0.05) is 19.6 Å². The van der Waals surface area contributed by atoms with E-state index in [-0.39, 0.29) is 12.1 Å². The zero-order chi connectivity index (χ0) is 14.7. The van der Waals surface area contributed by atoms with Crippen LogP contribution in [0, 0.1) is 11.8 Å². The number of benzene rings is 1. The van der Waals surface area contributed by atoms with E-state index < -0.39 is 0 Å². The summed E-state index contributed by atoms with van der Waals surface area (Å²) in [6, 6.07) is 10.4. The summed E-state index contributed by atoms with van der Waals surface area (Å²) < 4.78 is 0. The van der Waals surface area contributed by atoms with Crippen molar-refractivity contribution in [2.45, 2.75) is 31.2 Å². The highest BCUT2D eigenvalue weighted by molar-refractivity contribution is 5.25. The molecule has 1 atom stereocenters. The molecule has 0 spiro atoms. The zero-order valence-corrected chi connectivity index (χ0v) is 13.1. The standard InChI is InChI=1S/C18H28N2O/c1-19-18(14-21,17-5-3-2-4-6-17)13-20(11-15-7-8-15)12-16-9-10-16/h2-6,15-16,19,21H,7-14H2,1H3. The lowest BCUT2D eigenvalue weighted by molar-refractivity contribution is 0.107. The molecule has 2 aliphatic rings. The average molecular weight is 288 g/mol. The van der Waals surface area contributed by atoms with Crippen molar-refractivity contribution in [3.8, 4) is 0 Å². The Hall–Kier alpha value is -0.900. The van der Waals surface area contributed by atoms with Gasteiger partial charge in [-0.3, -0.25) is 0 Å². The summed E-state index contributed by atoms with van der Waals surface area (Å²) in [6.07, 6.45) is 5.55. The fourth-order valence-electron chi connectivity index (χ4n) is 3.21. The Morgan fingerprint density at radius 2 is 1.67 bits per heavy atom. The highest BCUT2D eigenvalue weighted by Gasteiger charge is 2.36. The van der Waals surface area contributed by atoms with Gasteiger partial charge in [0.15, 0.2) is 0 Å². The van der Waals surface area contributed by atoms with Crippen LogP contribution in [0.5, 0.6) is 0 Å². The fourth-order valence-corrected chi connectivity index (χ4v) is 3.21. The minimum absolute atomic E-state index is 0.138. The SMILES string of the molecule is CNC(CO)(CN(CC1CC1)CC1CC1)c1ccccc1. The Morgan fingerprint density at radius 3 is 2.10 bits per heavy atom. The molecule has 3 heteroatoms. The number of aliphatic hydroxyl groups is 1. The van der Waals surface area contributed by atoms with Gasteiger partial charge in [0.1, 0.15) is 0 Å². The Bertz CT molecular complexity index is 422. The normalized spacial score (nSPS) is 21.5. The summed E-state index contributed by atoms with van der Waals surface area (Å²) in [6.45, 7) is 3.44. The van der Waals surface area contributed by atoms with Crippen molar-refractivity contribution >= 4 is 0 Å². The van der Waals surface area contributed by atoms with Crippen LogP contribution in [0.3, 0.4) is 0 Å². The molecule has 0 heterocycles. The van der Waals surface area contributed by atoms with Gasteiger partial charge in [0.2, 0.25) is 0 Å². The van der Waals surface area contributed by atoms with Gasteiger partial charge in [0.05, 0.1) is 12.1 Å². The van der Waals surface area contributed by atoms with Crippen molar-refractivity contribution in [3.63, 3.8) is 0 Å². The van der Waals surface area contributed by atoms with Crippen LogP contribution in [-0.2, 0) is 5.54 Å². The minimum Gasteiger partial charge on any atom is -0.394 e. The molecule has 0 bridgehead atoms. The van der Waals surface area contributed by atoms with Gasteiger partial charge < -0.3 is 15.3 Å². The quantitative estimate of drug-likeness (QED) is 0.731. The molecule has 3 rings (SSSR count). The molecule has 116 valence electrons. The van der Waals surface area contributed by atoms with Crippen LogP contribution in [0.1, 0.15) is 31.2 Å². The van der Waals surface area contributed by atoms with Gasteiger partial charge in [-0.1, -0.05) is 30.3 Å². The Labute approximate surface area is 128 Å². The lowest BCUT2D eigenvalue weighted by atomic mass is 9.90. The molecule has 1 unspecified atom stereocenters. The van der Waals surface area contributed by atoms with Crippen molar-refractivity contribution in [1.82, 2.24) is 10.2 Å². The number of rotatable bonds is 9. The highest BCUT2D eigenvalue weighted by Crippen LogP contribution is 2.35. The monoisotopic (exact) mass is 288 g/mol. The molecular formula is C18H28N2O. The van der Waals surface area contributed by atoms with E-state index in [0.717, 1.165) is 18.4 Å². The molecule has 0 radical (unpaired) electrons. The van der Waals surface area contributed by atoms with Crippen molar-refractivity contribution in [1.29, 1.82) is 0 Å². The maximum Gasteiger partial charge on any atom is 0.0795 e. The largest absolute Gasteiger partial charge is 0.394 e. The van der Waals surface area contributed by atoms with Crippen LogP contribution in [0.4, 0.5) is 0 Å². The van der Waals surface area contributed by atoms with E-state index in [1.807, 2.05) is 13.1 Å². The van der Waals surface area contributed by atoms with Gasteiger partial charge in [-0.25, -0.2) is 0 Å². The van der Waals surface area contributed by atoms with Crippen LogP contribution in [-0.4, -0.2) is 43.3 Å². The van der Waals surface area contributed by atoms with Crippen molar-refractivity contribution < 1.29 is 5.11 Å². The Kier molecular flexibility index (Phi) is 4.63. The molecule has 3 nitrogen and oxygen atoms in total. The van der Waals surface area contributed by atoms with Gasteiger partial charge in [-0.05, 0) is 50.1 Å². The van der Waals surface area contributed by atoms with Crippen LogP contribution in [0.15, 0.2) is 30.3 Å². The number of nitrogens with one attached hydrogen (secondary N) is 1. The molecule has 0 aromatic heterocycles. The topological polar surface area (TPSA) is 35.5 Å². The fraction of sp³-hybridized carbons (Fsp3) is 0.667. The van der Waals surface area contributed by atoms with E-state index in [9.17, 15) is 5.11 Å². The van der Waals surface area contributed by atoms with Crippen molar-refractivity contribution in [3.05, 3.63) is 35.9 Å². The first-order chi connectivity index (χ1) is 10.3. The Balaban J connectivity index is 1.74. The number of hydrogen-bond donors (Lipinski definition) is 2. The molecule has 0 saturated heterocycles. The number of likely N-dealkylation sites (N-methyl/N-ethyl adjacent to an activating group) is 1. The molecule has 2 saturated carbocycles. The van der Waals surface area contributed by atoms with E-state index in [1.165, 1.54) is 44.3 Å². The molecule has 1 aromatic carbocycles. The summed E-state index contributed by atoms with van der Waals surface area (Å²) in [5, 5.41) is 13.5. The van der Waals surface area contributed by atoms with Gasteiger partial charge >= 0.3 is 0 Å². The molecule has 21 heavy (non-hydrogen) atoms. The smallest absolute Gasteiger partial charge is 0.0795 e. The molecule has 1 aromatic rings. The summed E-state index contributed by atoms with van der Waals surface area (Å²) in [7, 11) is 1.97. The second kappa shape index (κ2) is 6.47. The first-order valence-corrected chi connectivity index (χ1v) is 8.33. The first kappa shape index (κ1) is 15.0. The zero-order valence-electron chi connectivity index (χ0n) is 13.1. The third kappa shape index (κ3) is 3.85. The summed E-state index contributed by atoms with van der Waals surface area (Å²) in [5.74, 6) is 1.79. The van der Waals surface area contributed by atoms with E-state index in [2.05, 4.69) is 34.5 Å². The molecular weight excluding hydrogens is 260 g/mol. The summed E-state index contributed by atoms with van der Waals surface area (Å²) >= 11 is 0. The third-order valence-corrected chi connectivity index (χ3v) is 5.00. The molecule has 2 fully saturated rings. The number of hydrogen-bond acceptors (Lipinski definition) is 3. The van der Waals surface area contributed by atoms with E-state index >= 15 is 0 Å². The van der Waals surface area contributed by atoms with Crippen molar-refractivity contribution in [2.75, 3.05) is 33.3 Å². The molecule has 0 amide bonds. The lowest BCUT2D eigenvalue weighted by Gasteiger charge is -2.38. The predicted molar refractivity (Wildman–Crippen MR) is 86.2 cm³/mol. The molecule has 2 aliphatic carbocycles. The van der Waals surface area contributed by atoms with E-state index in [1.54, 1.807) is 0 Å². The second-order valence-electron chi connectivity index (χ2n) is 6.94. The third-order valence-electron chi connectivity index (χ3n) is 5.00. The average Bonchev–Trinajstić information content (AvgIpc) is 3.42. The van der Waals surface area contributed by atoms with Crippen LogP contribution >= 0.6 is 0 Å².